The van der Waals surface area contributed by atoms with Crippen LogP contribution < -0.4 is 21.5 Å². The van der Waals surface area contributed by atoms with Crippen molar-refractivity contribution in [2.45, 2.75) is 130 Å². The fourth-order valence-corrected chi connectivity index (χ4v) is 7.88. The number of dihydropyridines is 1. The van der Waals surface area contributed by atoms with E-state index in [1.165, 1.54) is 78.4 Å². The number of nitrogens with two attached hydrogens (primary N) is 2. The van der Waals surface area contributed by atoms with Crippen molar-refractivity contribution >= 4 is 46.6 Å². The second kappa shape index (κ2) is 20.3. The molecule has 1 unspecified atom stereocenters. The summed E-state index contributed by atoms with van der Waals surface area (Å²) in [6.45, 7) is 8.46. The number of ether oxygens (including phenoxy) is 3. The summed E-state index contributed by atoms with van der Waals surface area (Å²) < 4.78 is 19.5. The van der Waals surface area contributed by atoms with E-state index in [1.807, 2.05) is 36.6 Å². The van der Waals surface area contributed by atoms with E-state index in [9.17, 15) is 9.59 Å². The molecule has 0 aliphatic carbocycles. The van der Waals surface area contributed by atoms with E-state index in [-0.39, 0.29) is 17.7 Å². The smallest absolute Gasteiger partial charge is 0.336 e. The van der Waals surface area contributed by atoms with Crippen LogP contribution in [0.5, 0.6) is 5.75 Å². The van der Waals surface area contributed by atoms with Gasteiger partial charge in [-0.05, 0) is 75.2 Å². The van der Waals surface area contributed by atoms with E-state index in [4.69, 9.17) is 37.9 Å². The molecule has 1 atom stereocenters. The number of imidazole rings is 1. The molecular formula is C42H61N5O5S. The minimum Gasteiger partial charge on any atom is -0.491 e. The van der Waals surface area contributed by atoms with Gasteiger partial charge in [-0.3, -0.25) is 0 Å². The molecule has 2 heterocycles. The number of methoxy groups -OCH3 is 2. The number of nitrogens with one attached hydrogen (secondary N) is 2. The summed E-state index contributed by atoms with van der Waals surface area (Å²) in [4.78, 5) is 31.0. The van der Waals surface area contributed by atoms with Gasteiger partial charge in [0.2, 0.25) is 0 Å². The molecule has 1 aromatic heterocycles. The summed E-state index contributed by atoms with van der Waals surface area (Å²) in [5, 5.41) is 3.36. The standard InChI is InChI=1S/C42H61N5O5S/c1-7-9-10-11-12-13-14-15-16-17-18-19-20-21-29-30(43)25-31(44)39(52-8-2)36(29)38-35(40(48)50-5)28(4)45-33(37(38)41(49)51-6)26-47-34-23-22-27(3)24-32(34)46-42(47)53/h22-25,38,45H,7-21,26,43-44H2,1-6H3,(H,46,53). The molecule has 0 radical (unpaired) electrons. The number of benzene rings is 2. The number of hydrogen-bond donors (Lipinski definition) is 4. The van der Waals surface area contributed by atoms with Gasteiger partial charge in [-0.1, -0.05) is 90.0 Å². The van der Waals surface area contributed by atoms with Crippen molar-refractivity contribution < 1.29 is 23.8 Å². The maximum absolute atomic E-state index is 14.0. The Hall–Kier alpha value is -4.25. The maximum Gasteiger partial charge on any atom is 0.336 e. The van der Waals surface area contributed by atoms with Gasteiger partial charge in [0.15, 0.2) is 4.77 Å². The third-order valence-electron chi connectivity index (χ3n) is 10.3. The zero-order chi connectivity index (χ0) is 38.5. The SMILES string of the molecule is CCCCCCCCCCCCCCCc1c(N)cc(N)c(OCC)c1C1C(C(=O)OC)=C(C)NC(Cn2c(=S)[nH]c3cc(C)ccc32)=C1C(=O)OC. The zero-order valence-corrected chi connectivity index (χ0v) is 33.6. The Morgan fingerprint density at radius 2 is 1.40 bits per heavy atom. The first-order valence-electron chi connectivity index (χ1n) is 19.5. The number of H-pyrrole nitrogens is 1. The van der Waals surface area contributed by atoms with Gasteiger partial charge in [0.05, 0.1) is 61.2 Å². The summed E-state index contributed by atoms with van der Waals surface area (Å²) >= 11 is 5.77. The number of rotatable bonds is 21. The fourth-order valence-electron chi connectivity index (χ4n) is 7.61. The Labute approximate surface area is 320 Å². The predicted molar refractivity (Wildman–Crippen MR) is 217 cm³/mol. The lowest BCUT2D eigenvalue weighted by molar-refractivity contribution is -0.137. The number of carbonyl (C=O) groups excluding carboxylic acids is 2. The van der Waals surface area contributed by atoms with E-state index in [0.717, 1.165) is 41.4 Å². The number of fused-ring (bicyclic) bond motifs is 1. The van der Waals surface area contributed by atoms with Gasteiger partial charge in [0.1, 0.15) is 5.75 Å². The quantitative estimate of drug-likeness (QED) is 0.0362. The van der Waals surface area contributed by atoms with Crippen LogP contribution >= 0.6 is 12.2 Å². The number of nitrogen functional groups attached to an aromatic ring is 2. The van der Waals surface area contributed by atoms with Crippen molar-refractivity contribution in [3.8, 4) is 5.75 Å². The number of unbranched alkanes of at least 4 members (excludes halogenated alkanes) is 12. The molecular weight excluding hydrogens is 687 g/mol. The molecule has 0 saturated heterocycles. The zero-order valence-electron chi connectivity index (χ0n) is 32.8. The highest BCUT2D eigenvalue weighted by molar-refractivity contribution is 7.71. The second-order valence-electron chi connectivity index (χ2n) is 14.2. The average molecular weight is 748 g/mol. The Morgan fingerprint density at radius 1 is 0.811 bits per heavy atom. The van der Waals surface area contributed by atoms with Crippen LogP contribution in [0.4, 0.5) is 11.4 Å². The summed E-state index contributed by atoms with van der Waals surface area (Å²) in [5.41, 5.74) is 20.0. The Balaban J connectivity index is 1.70. The molecule has 1 aliphatic heterocycles. The molecule has 1 aliphatic rings. The number of nitrogens with zero attached hydrogens (tertiary/aromatic N) is 1. The number of esters is 2. The van der Waals surface area contributed by atoms with Crippen LogP contribution in [0.25, 0.3) is 11.0 Å². The topological polar surface area (TPSA) is 147 Å². The van der Waals surface area contributed by atoms with Gasteiger partial charge in [0.25, 0.3) is 0 Å². The maximum atomic E-state index is 14.0. The van der Waals surface area contributed by atoms with Crippen molar-refractivity contribution in [1.29, 1.82) is 0 Å². The fraction of sp³-hybridized carbons (Fsp3) is 0.548. The lowest BCUT2D eigenvalue weighted by Crippen LogP contribution is -2.35. The van der Waals surface area contributed by atoms with Crippen molar-refractivity contribution in [3.63, 3.8) is 0 Å². The molecule has 0 saturated carbocycles. The van der Waals surface area contributed by atoms with E-state index in [2.05, 4.69) is 17.2 Å². The minimum atomic E-state index is -0.947. The molecule has 0 fully saturated rings. The Kier molecular flexibility index (Phi) is 15.9. The van der Waals surface area contributed by atoms with Crippen LogP contribution in [-0.4, -0.2) is 42.3 Å². The molecule has 3 aromatic rings. The van der Waals surface area contributed by atoms with Crippen LogP contribution in [0.2, 0.25) is 0 Å². The van der Waals surface area contributed by atoms with Gasteiger partial charge in [0, 0.05) is 22.6 Å². The van der Waals surface area contributed by atoms with Crippen molar-refractivity contribution in [1.82, 2.24) is 14.9 Å². The van der Waals surface area contributed by atoms with Crippen LogP contribution in [0.3, 0.4) is 0 Å². The molecule has 0 spiro atoms. The first-order chi connectivity index (χ1) is 25.6. The van der Waals surface area contributed by atoms with Gasteiger partial charge < -0.3 is 40.5 Å². The number of carbonyl (C=O) groups is 2. The second-order valence-corrected chi connectivity index (χ2v) is 14.6. The lowest BCUT2D eigenvalue weighted by atomic mass is 9.76. The van der Waals surface area contributed by atoms with E-state index in [1.54, 1.807) is 13.0 Å². The molecule has 53 heavy (non-hydrogen) atoms. The van der Waals surface area contributed by atoms with Gasteiger partial charge >= 0.3 is 11.9 Å². The molecule has 4 rings (SSSR count). The van der Waals surface area contributed by atoms with Crippen molar-refractivity contribution in [2.75, 3.05) is 32.3 Å². The number of aromatic nitrogens is 2. The van der Waals surface area contributed by atoms with Gasteiger partial charge in [-0.15, -0.1) is 0 Å². The molecule has 10 nitrogen and oxygen atoms in total. The van der Waals surface area contributed by atoms with E-state index < -0.39 is 17.9 Å². The first kappa shape index (κ1) is 41.5. The van der Waals surface area contributed by atoms with Crippen LogP contribution in [-0.2, 0) is 32.0 Å². The number of allylic oxidation sites excluding steroid dienone is 2. The summed E-state index contributed by atoms with van der Waals surface area (Å²) in [7, 11) is 2.66. The highest BCUT2D eigenvalue weighted by atomic mass is 32.1. The monoisotopic (exact) mass is 747 g/mol. The Morgan fingerprint density at radius 3 is 1.98 bits per heavy atom. The van der Waals surface area contributed by atoms with Gasteiger partial charge in [-0.2, -0.15) is 0 Å². The largest absolute Gasteiger partial charge is 0.491 e. The van der Waals surface area contributed by atoms with Crippen LogP contribution in [0.1, 0.15) is 127 Å². The highest BCUT2D eigenvalue weighted by Crippen LogP contribution is 2.48. The molecule has 0 amide bonds. The highest BCUT2D eigenvalue weighted by Gasteiger charge is 2.42. The summed E-state index contributed by atoms with van der Waals surface area (Å²) in [5.74, 6) is -1.75. The normalized spacial score (nSPS) is 14.5. The van der Waals surface area contributed by atoms with Crippen LogP contribution in [0, 0.1) is 11.7 Å². The number of hydrogen-bond acceptors (Lipinski definition) is 9. The molecule has 11 heteroatoms. The molecule has 0 bridgehead atoms. The molecule has 2 aromatic carbocycles. The summed E-state index contributed by atoms with van der Waals surface area (Å²) in [6, 6.07) is 7.76. The third-order valence-corrected chi connectivity index (χ3v) is 10.6. The number of anilines is 2. The number of aromatic amines is 1. The Bertz CT molecular complexity index is 1860. The molecule has 290 valence electrons. The average Bonchev–Trinajstić information content (AvgIpc) is 3.44. The number of aryl methyl sites for hydroxylation is 1. The first-order valence-corrected chi connectivity index (χ1v) is 19.9. The summed E-state index contributed by atoms with van der Waals surface area (Å²) in [6.07, 6.45) is 16.7. The predicted octanol–water partition coefficient (Wildman–Crippen LogP) is 9.47. The van der Waals surface area contributed by atoms with Crippen LogP contribution in [0.15, 0.2) is 46.8 Å². The minimum absolute atomic E-state index is 0.199. The van der Waals surface area contributed by atoms with E-state index >= 15 is 0 Å². The third kappa shape index (κ3) is 10.2. The molecule has 6 N–H and O–H groups in total. The van der Waals surface area contributed by atoms with E-state index in [0.29, 0.717) is 51.9 Å². The van der Waals surface area contributed by atoms with Crippen molar-refractivity contribution in [3.05, 3.63) is 68.3 Å². The van der Waals surface area contributed by atoms with Crippen molar-refractivity contribution in [2.24, 2.45) is 0 Å². The lowest BCUT2D eigenvalue weighted by Gasteiger charge is -2.34. The van der Waals surface area contributed by atoms with Gasteiger partial charge in [-0.25, -0.2) is 9.59 Å².